The van der Waals surface area contributed by atoms with Gasteiger partial charge in [0.25, 0.3) is 5.91 Å². The fraction of sp³-hybridized carbons (Fsp3) is 0.350. The molecule has 1 aromatic carbocycles. The molecule has 2 aromatic rings. The minimum atomic E-state index is -0.836. The van der Waals surface area contributed by atoms with Gasteiger partial charge in [-0.15, -0.1) is 11.3 Å². The number of anilines is 1. The number of benzene rings is 1. The number of amides is 3. The summed E-state index contributed by atoms with van der Waals surface area (Å²) in [5.74, 6) is -1.18. The Morgan fingerprint density at radius 3 is 2.31 bits per heavy atom. The third kappa shape index (κ3) is 6.58. The molecule has 0 bridgehead atoms. The molecular formula is C20H26N4O4S. The molecule has 7 N–H and O–H groups in total. The summed E-state index contributed by atoms with van der Waals surface area (Å²) >= 11 is 1.22. The zero-order valence-corrected chi connectivity index (χ0v) is 17.2. The van der Waals surface area contributed by atoms with Gasteiger partial charge >= 0.3 is 12.0 Å². The zero-order valence-electron chi connectivity index (χ0n) is 16.4. The van der Waals surface area contributed by atoms with Crippen molar-refractivity contribution in [2.75, 3.05) is 11.9 Å². The second kappa shape index (κ2) is 10.0. The fourth-order valence-corrected chi connectivity index (χ4v) is 3.96. The number of thiophene rings is 1. The minimum Gasteiger partial charge on any atom is -0.480 e. The van der Waals surface area contributed by atoms with Crippen molar-refractivity contribution in [1.29, 1.82) is 0 Å². The van der Waals surface area contributed by atoms with E-state index in [9.17, 15) is 19.5 Å². The van der Waals surface area contributed by atoms with Crippen molar-refractivity contribution in [3.63, 3.8) is 0 Å². The van der Waals surface area contributed by atoms with E-state index in [1.54, 1.807) is 6.07 Å². The van der Waals surface area contributed by atoms with Crippen LogP contribution in [0, 0.1) is 5.92 Å². The quantitative estimate of drug-likeness (QED) is 0.402. The highest BCUT2D eigenvalue weighted by Crippen LogP contribution is 2.35. The van der Waals surface area contributed by atoms with Crippen LogP contribution in [0.15, 0.2) is 30.3 Å². The molecule has 0 spiro atoms. The van der Waals surface area contributed by atoms with Crippen LogP contribution >= 0.6 is 11.3 Å². The number of carboxylic acids is 1. The third-order valence-corrected chi connectivity index (χ3v) is 5.38. The van der Waals surface area contributed by atoms with Crippen molar-refractivity contribution < 1.29 is 19.5 Å². The molecule has 1 heterocycles. The molecule has 2 rings (SSSR count). The van der Waals surface area contributed by atoms with Crippen LogP contribution in [0.2, 0.25) is 0 Å². The summed E-state index contributed by atoms with van der Waals surface area (Å²) in [5, 5.41) is 15.1. The maximum atomic E-state index is 11.6. The van der Waals surface area contributed by atoms with Crippen LogP contribution in [0.4, 0.5) is 9.80 Å². The lowest BCUT2D eigenvalue weighted by Crippen LogP contribution is -2.38. The van der Waals surface area contributed by atoms with Gasteiger partial charge in [-0.1, -0.05) is 38.1 Å². The van der Waals surface area contributed by atoms with E-state index in [-0.39, 0.29) is 5.56 Å². The number of hydrogen-bond acceptors (Lipinski definition) is 5. The van der Waals surface area contributed by atoms with E-state index in [2.05, 4.69) is 10.6 Å². The summed E-state index contributed by atoms with van der Waals surface area (Å²) in [7, 11) is 0. The standard InChI is InChI=1S/C20H26N4O4S/c1-11(2)9-15(19(26)27)23-8-7-12-3-5-13(6-4-12)16-10-14(17(21)25)18(29-16)24-20(22)28/h3-6,10-11,15,23H,7-9H2,1-2H3,(H2,21,25)(H,26,27)(H3,22,24,28)/t15-/m0/s1. The Labute approximate surface area is 173 Å². The van der Waals surface area contributed by atoms with Crippen molar-refractivity contribution >= 4 is 34.2 Å². The Balaban J connectivity index is 2.04. The van der Waals surface area contributed by atoms with Crippen molar-refractivity contribution in [3.8, 4) is 10.4 Å². The number of carbonyl (C=O) groups excluding carboxylic acids is 2. The van der Waals surface area contributed by atoms with Crippen molar-refractivity contribution in [3.05, 3.63) is 41.5 Å². The average Bonchev–Trinajstić information content (AvgIpc) is 3.04. The lowest BCUT2D eigenvalue weighted by atomic mass is 10.0. The first-order chi connectivity index (χ1) is 13.7. The molecule has 0 aliphatic rings. The summed E-state index contributed by atoms with van der Waals surface area (Å²) in [5.41, 5.74) is 12.6. The highest BCUT2D eigenvalue weighted by Gasteiger charge is 2.18. The van der Waals surface area contributed by atoms with Crippen molar-refractivity contribution in [2.45, 2.75) is 32.7 Å². The second-order valence-corrected chi connectivity index (χ2v) is 8.18. The van der Waals surface area contributed by atoms with E-state index in [4.69, 9.17) is 11.5 Å². The number of aliphatic carboxylic acids is 1. The summed E-state index contributed by atoms with van der Waals surface area (Å²) in [6.07, 6.45) is 1.27. The first kappa shape index (κ1) is 22.4. The molecule has 1 atom stereocenters. The molecule has 0 saturated carbocycles. The number of nitrogens with two attached hydrogens (primary N) is 2. The molecule has 0 saturated heterocycles. The number of nitrogens with one attached hydrogen (secondary N) is 2. The maximum Gasteiger partial charge on any atom is 0.320 e. The summed E-state index contributed by atoms with van der Waals surface area (Å²) in [6.45, 7) is 4.55. The van der Waals surface area contributed by atoms with Gasteiger partial charge in [-0.05, 0) is 42.5 Å². The van der Waals surface area contributed by atoms with E-state index in [1.165, 1.54) is 11.3 Å². The van der Waals surface area contributed by atoms with Crippen LogP contribution in [0.3, 0.4) is 0 Å². The van der Waals surface area contributed by atoms with Crippen LogP contribution < -0.4 is 22.1 Å². The maximum absolute atomic E-state index is 11.6. The molecule has 3 amide bonds. The highest BCUT2D eigenvalue weighted by molar-refractivity contribution is 7.20. The molecule has 1 aromatic heterocycles. The molecule has 0 aliphatic heterocycles. The van der Waals surface area contributed by atoms with Crippen LogP contribution in [0.1, 0.15) is 36.2 Å². The van der Waals surface area contributed by atoms with E-state index >= 15 is 0 Å². The Bertz CT molecular complexity index is 877. The topological polar surface area (TPSA) is 148 Å². The molecule has 0 unspecified atom stereocenters. The first-order valence-corrected chi connectivity index (χ1v) is 10.0. The van der Waals surface area contributed by atoms with Crippen LogP contribution in [0.25, 0.3) is 10.4 Å². The predicted molar refractivity (Wildman–Crippen MR) is 114 cm³/mol. The van der Waals surface area contributed by atoms with E-state index in [0.29, 0.717) is 30.3 Å². The normalized spacial score (nSPS) is 12.0. The Hall–Kier alpha value is -2.91. The molecule has 9 heteroatoms. The lowest BCUT2D eigenvalue weighted by molar-refractivity contribution is -0.139. The van der Waals surface area contributed by atoms with Gasteiger partial charge in [0.15, 0.2) is 0 Å². The molecular weight excluding hydrogens is 392 g/mol. The van der Waals surface area contributed by atoms with Crippen LogP contribution in [-0.4, -0.2) is 35.6 Å². The van der Waals surface area contributed by atoms with Crippen molar-refractivity contribution in [1.82, 2.24) is 5.32 Å². The number of rotatable bonds is 10. The number of primary amides is 2. The Morgan fingerprint density at radius 1 is 1.14 bits per heavy atom. The molecule has 156 valence electrons. The smallest absolute Gasteiger partial charge is 0.320 e. The van der Waals surface area contributed by atoms with Gasteiger partial charge in [0.2, 0.25) is 0 Å². The van der Waals surface area contributed by atoms with Gasteiger partial charge in [-0.25, -0.2) is 4.79 Å². The van der Waals surface area contributed by atoms with Crippen molar-refractivity contribution in [2.24, 2.45) is 17.4 Å². The zero-order chi connectivity index (χ0) is 21.6. The molecule has 29 heavy (non-hydrogen) atoms. The van der Waals surface area contributed by atoms with Gasteiger partial charge in [0.1, 0.15) is 11.0 Å². The summed E-state index contributed by atoms with van der Waals surface area (Å²) in [4.78, 5) is 34.8. The second-order valence-electron chi connectivity index (χ2n) is 7.13. The fourth-order valence-electron chi connectivity index (χ4n) is 2.89. The van der Waals surface area contributed by atoms with E-state index in [1.807, 2.05) is 38.1 Å². The number of hydrogen-bond donors (Lipinski definition) is 5. The third-order valence-electron chi connectivity index (χ3n) is 4.28. The number of carbonyl (C=O) groups is 3. The molecule has 0 aliphatic carbocycles. The van der Waals surface area contributed by atoms with Gasteiger partial charge in [0.05, 0.1) is 5.56 Å². The largest absolute Gasteiger partial charge is 0.480 e. The monoisotopic (exact) mass is 418 g/mol. The molecule has 0 fully saturated rings. The van der Waals surface area contributed by atoms with Gasteiger partial charge in [-0.3, -0.25) is 14.9 Å². The van der Waals surface area contributed by atoms with Gasteiger partial charge in [-0.2, -0.15) is 0 Å². The number of carboxylic acid groups (broad SMARTS) is 1. The Kier molecular flexibility index (Phi) is 7.74. The van der Waals surface area contributed by atoms with E-state index < -0.39 is 23.9 Å². The van der Waals surface area contributed by atoms with Crippen LogP contribution in [0.5, 0.6) is 0 Å². The minimum absolute atomic E-state index is 0.210. The summed E-state index contributed by atoms with van der Waals surface area (Å²) in [6, 6.07) is 8.01. The van der Waals surface area contributed by atoms with Gasteiger partial charge < -0.3 is 21.9 Å². The highest BCUT2D eigenvalue weighted by atomic mass is 32.1. The van der Waals surface area contributed by atoms with Gasteiger partial charge in [0, 0.05) is 4.88 Å². The van der Waals surface area contributed by atoms with Crippen LogP contribution in [-0.2, 0) is 11.2 Å². The molecule has 0 radical (unpaired) electrons. The first-order valence-electron chi connectivity index (χ1n) is 9.23. The number of urea groups is 1. The molecule has 8 nitrogen and oxygen atoms in total. The Morgan fingerprint density at radius 2 is 1.79 bits per heavy atom. The SMILES string of the molecule is CC(C)C[C@H](NCCc1ccc(-c2cc(C(N)=O)c(NC(N)=O)s2)cc1)C(=O)O. The van der Waals surface area contributed by atoms with E-state index in [0.717, 1.165) is 16.0 Å². The average molecular weight is 419 g/mol. The predicted octanol–water partition coefficient (Wildman–Crippen LogP) is 2.64. The lowest BCUT2D eigenvalue weighted by Gasteiger charge is -2.16. The summed E-state index contributed by atoms with van der Waals surface area (Å²) < 4.78 is 0.